The van der Waals surface area contributed by atoms with Crippen molar-refractivity contribution in [2.75, 3.05) is 5.32 Å². The molecule has 0 aliphatic heterocycles. The molecule has 0 heterocycles. The predicted molar refractivity (Wildman–Crippen MR) is 71.6 cm³/mol. The number of para-hydroxylation sites is 1. The van der Waals surface area contributed by atoms with E-state index in [0.29, 0.717) is 0 Å². The lowest BCUT2D eigenvalue weighted by atomic mass is 10.0. The highest BCUT2D eigenvalue weighted by molar-refractivity contribution is 5.79. The highest BCUT2D eigenvalue weighted by atomic mass is 16.4. The summed E-state index contributed by atoms with van der Waals surface area (Å²) < 4.78 is 0. The van der Waals surface area contributed by atoms with E-state index in [1.165, 1.54) is 0 Å². The maximum absolute atomic E-state index is 11.3. The lowest BCUT2D eigenvalue weighted by Crippen LogP contribution is -2.20. The first-order chi connectivity index (χ1) is 8.66. The van der Waals surface area contributed by atoms with Crippen molar-refractivity contribution in [3.8, 4) is 0 Å². The molecule has 18 heavy (non-hydrogen) atoms. The highest BCUT2D eigenvalue weighted by Gasteiger charge is 2.19. The van der Waals surface area contributed by atoms with Crippen LogP contribution in [0.15, 0.2) is 54.6 Å². The number of aryl methyl sites for hydroxylation is 1. The number of rotatable bonds is 4. The predicted octanol–water partition coefficient (Wildman–Crippen LogP) is 3.23. The zero-order valence-electron chi connectivity index (χ0n) is 10.1. The quantitative estimate of drug-likeness (QED) is 0.864. The maximum atomic E-state index is 11.3. The zero-order chi connectivity index (χ0) is 13.0. The number of aliphatic carboxylic acids is 1. The molecule has 0 amide bonds. The second-order valence-corrected chi connectivity index (χ2v) is 4.19. The molecule has 0 spiro atoms. The Morgan fingerprint density at radius 3 is 2.22 bits per heavy atom. The zero-order valence-corrected chi connectivity index (χ0v) is 10.1. The van der Waals surface area contributed by atoms with E-state index < -0.39 is 12.0 Å². The number of hydrogen-bond donors (Lipinski definition) is 2. The molecule has 3 nitrogen and oxygen atoms in total. The van der Waals surface area contributed by atoms with Crippen molar-refractivity contribution in [3.05, 3.63) is 65.7 Å². The molecule has 0 aliphatic rings. The third-order valence-electron chi connectivity index (χ3n) is 2.74. The molecule has 0 saturated heterocycles. The molecule has 2 aromatic rings. The van der Waals surface area contributed by atoms with Gasteiger partial charge in [0.05, 0.1) is 0 Å². The summed E-state index contributed by atoms with van der Waals surface area (Å²) >= 11 is 0. The van der Waals surface area contributed by atoms with E-state index in [1.54, 1.807) is 0 Å². The van der Waals surface area contributed by atoms with Crippen LogP contribution in [0.3, 0.4) is 0 Å². The molecule has 2 N–H and O–H groups in total. The van der Waals surface area contributed by atoms with Gasteiger partial charge in [-0.1, -0.05) is 48.0 Å². The van der Waals surface area contributed by atoms with Crippen molar-refractivity contribution in [2.24, 2.45) is 0 Å². The van der Waals surface area contributed by atoms with E-state index in [1.807, 2.05) is 61.5 Å². The van der Waals surface area contributed by atoms with Gasteiger partial charge in [0.25, 0.3) is 0 Å². The molecule has 0 saturated carbocycles. The van der Waals surface area contributed by atoms with Gasteiger partial charge in [0, 0.05) is 5.69 Å². The van der Waals surface area contributed by atoms with Gasteiger partial charge in [-0.25, -0.2) is 4.79 Å². The number of nitrogens with one attached hydrogen (secondary N) is 1. The lowest BCUT2D eigenvalue weighted by molar-refractivity contribution is -0.138. The molecule has 0 bridgehead atoms. The van der Waals surface area contributed by atoms with Crippen LogP contribution in [-0.4, -0.2) is 11.1 Å². The maximum Gasteiger partial charge on any atom is 0.330 e. The summed E-state index contributed by atoms with van der Waals surface area (Å²) in [6, 6.07) is 16.1. The van der Waals surface area contributed by atoms with E-state index in [-0.39, 0.29) is 0 Å². The van der Waals surface area contributed by atoms with E-state index >= 15 is 0 Å². The van der Waals surface area contributed by atoms with Crippen molar-refractivity contribution in [3.63, 3.8) is 0 Å². The van der Waals surface area contributed by atoms with Gasteiger partial charge in [0.1, 0.15) is 0 Å². The van der Waals surface area contributed by atoms with Crippen molar-refractivity contribution >= 4 is 11.7 Å². The third-order valence-corrected chi connectivity index (χ3v) is 2.74. The van der Waals surface area contributed by atoms with Gasteiger partial charge in [0.15, 0.2) is 6.04 Å². The molecule has 2 rings (SSSR count). The largest absolute Gasteiger partial charge is 0.479 e. The first kappa shape index (κ1) is 12.2. The Morgan fingerprint density at radius 1 is 1.06 bits per heavy atom. The van der Waals surface area contributed by atoms with Crippen molar-refractivity contribution in [1.29, 1.82) is 0 Å². The topological polar surface area (TPSA) is 49.3 Å². The van der Waals surface area contributed by atoms with Gasteiger partial charge < -0.3 is 10.4 Å². The van der Waals surface area contributed by atoms with Crippen LogP contribution in [0.25, 0.3) is 0 Å². The Labute approximate surface area is 106 Å². The van der Waals surface area contributed by atoms with E-state index in [0.717, 1.165) is 16.8 Å². The summed E-state index contributed by atoms with van der Waals surface area (Å²) in [7, 11) is 0. The van der Waals surface area contributed by atoms with Gasteiger partial charge in [-0.15, -0.1) is 0 Å². The molecule has 0 fully saturated rings. The number of benzene rings is 2. The normalized spacial score (nSPS) is 11.8. The van der Waals surface area contributed by atoms with Crippen molar-refractivity contribution in [1.82, 2.24) is 0 Å². The van der Waals surface area contributed by atoms with E-state index in [2.05, 4.69) is 5.32 Å². The fourth-order valence-electron chi connectivity index (χ4n) is 1.75. The van der Waals surface area contributed by atoms with E-state index in [4.69, 9.17) is 0 Å². The Bertz CT molecular complexity index is 520. The first-order valence-corrected chi connectivity index (χ1v) is 5.78. The van der Waals surface area contributed by atoms with Crippen LogP contribution in [0.4, 0.5) is 5.69 Å². The fourth-order valence-corrected chi connectivity index (χ4v) is 1.75. The standard InChI is InChI=1S/C15H15NO2/c1-11-7-9-12(10-8-11)14(15(17)18)16-13-5-3-2-4-6-13/h2-10,14,16H,1H3,(H,17,18)/t14-/m1/s1. The first-order valence-electron chi connectivity index (χ1n) is 5.78. The van der Waals surface area contributed by atoms with Crippen LogP contribution in [0, 0.1) is 6.92 Å². The van der Waals surface area contributed by atoms with Crippen molar-refractivity contribution in [2.45, 2.75) is 13.0 Å². The van der Waals surface area contributed by atoms with Crippen LogP contribution in [0.5, 0.6) is 0 Å². The molecule has 0 radical (unpaired) electrons. The molecular weight excluding hydrogens is 226 g/mol. The highest BCUT2D eigenvalue weighted by Crippen LogP contribution is 2.20. The number of carboxylic acids is 1. The summed E-state index contributed by atoms with van der Waals surface area (Å²) in [4.78, 5) is 11.3. The van der Waals surface area contributed by atoms with Crippen LogP contribution in [0.1, 0.15) is 17.2 Å². The van der Waals surface area contributed by atoms with Gasteiger partial charge in [-0.2, -0.15) is 0 Å². The Balaban J connectivity index is 2.24. The summed E-state index contributed by atoms with van der Waals surface area (Å²) in [6.07, 6.45) is 0. The molecule has 0 aromatic heterocycles. The average molecular weight is 241 g/mol. The van der Waals surface area contributed by atoms with Gasteiger partial charge in [-0.05, 0) is 24.6 Å². The minimum Gasteiger partial charge on any atom is -0.479 e. The molecule has 1 atom stereocenters. The van der Waals surface area contributed by atoms with Crippen molar-refractivity contribution < 1.29 is 9.90 Å². The SMILES string of the molecule is Cc1ccc([C@@H](Nc2ccccc2)C(=O)O)cc1. The minimum atomic E-state index is -0.886. The third kappa shape index (κ3) is 2.88. The number of carbonyl (C=O) groups is 1. The molecule has 3 heteroatoms. The van der Waals surface area contributed by atoms with Crippen LogP contribution >= 0.6 is 0 Å². The molecule has 0 unspecified atom stereocenters. The van der Waals surface area contributed by atoms with Gasteiger partial charge in [-0.3, -0.25) is 0 Å². The lowest BCUT2D eigenvalue weighted by Gasteiger charge is -2.16. The molecule has 0 aliphatic carbocycles. The summed E-state index contributed by atoms with van der Waals surface area (Å²) in [5, 5.41) is 12.3. The van der Waals surface area contributed by atoms with Gasteiger partial charge in [0.2, 0.25) is 0 Å². The monoisotopic (exact) mass is 241 g/mol. The number of hydrogen-bond acceptors (Lipinski definition) is 2. The summed E-state index contributed by atoms with van der Waals surface area (Å²) in [5.41, 5.74) is 2.66. The molecule has 92 valence electrons. The summed E-state index contributed by atoms with van der Waals surface area (Å²) in [6.45, 7) is 1.98. The average Bonchev–Trinajstić information content (AvgIpc) is 2.38. The smallest absolute Gasteiger partial charge is 0.330 e. The summed E-state index contributed by atoms with van der Waals surface area (Å²) in [5.74, 6) is -0.886. The van der Waals surface area contributed by atoms with Crippen LogP contribution < -0.4 is 5.32 Å². The number of carboxylic acid groups (broad SMARTS) is 1. The Morgan fingerprint density at radius 2 is 1.67 bits per heavy atom. The van der Waals surface area contributed by atoms with Crippen LogP contribution in [-0.2, 0) is 4.79 Å². The molecular formula is C15H15NO2. The fraction of sp³-hybridized carbons (Fsp3) is 0.133. The Kier molecular flexibility index (Phi) is 3.63. The van der Waals surface area contributed by atoms with E-state index in [9.17, 15) is 9.90 Å². The number of anilines is 1. The Hall–Kier alpha value is -2.29. The second kappa shape index (κ2) is 5.36. The van der Waals surface area contributed by atoms with Crippen LogP contribution in [0.2, 0.25) is 0 Å². The minimum absolute atomic E-state index is 0.729. The molecule has 2 aromatic carbocycles. The van der Waals surface area contributed by atoms with Gasteiger partial charge >= 0.3 is 5.97 Å². The second-order valence-electron chi connectivity index (χ2n) is 4.19.